The number of alkyl halides is 6. The minimum atomic E-state index is -4.99. The number of aliphatic carboxylic acids is 1. The molecule has 0 aliphatic heterocycles. The molecular weight excluding hydrogens is 608 g/mol. The van der Waals surface area contributed by atoms with E-state index in [1.165, 1.54) is 16.5 Å². The van der Waals surface area contributed by atoms with Crippen LogP contribution in [-0.2, 0) is 30.0 Å². The number of carboxylic acids is 1. The molecule has 0 fully saturated rings. The van der Waals surface area contributed by atoms with E-state index in [1.54, 1.807) is 24.3 Å². The molecule has 3 aromatic carbocycles. The first-order valence-electron chi connectivity index (χ1n) is 13.5. The van der Waals surface area contributed by atoms with Crippen molar-refractivity contribution >= 4 is 28.9 Å². The van der Waals surface area contributed by atoms with Gasteiger partial charge in [-0.1, -0.05) is 18.2 Å². The van der Waals surface area contributed by atoms with E-state index in [0.29, 0.717) is 22.7 Å². The van der Waals surface area contributed by atoms with Gasteiger partial charge in [-0.2, -0.15) is 26.3 Å². The van der Waals surface area contributed by atoms with Crippen molar-refractivity contribution in [3.05, 3.63) is 104 Å². The van der Waals surface area contributed by atoms with Crippen LogP contribution in [0.1, 0.15) is 62.1 Å². The van der Waals surface area contributed by atoms with Crippen molar-refractivity contribution in [3.63, 3.8) is 0 Å². The summed E-state index contributed by atoms with van der Waals surface area (Å²) in [6, 6.07) is 13.0. The summed E-state index contributed by atoms with van der Waals surface area (Å²) < 4.78 is 80.9. The van der Waals surface area contributed by atoms with Crippen LogP contribution in [0.3, 0.4) is 0 Å². The van der Waals surface area contributed by atoms with Gasteiger partial charge in [0.2, 0.25) is 0 Å². The summed E-state index contributed by atoms with van der Waals surface area (Å²) >= 11 is 1.07. The maximum absolute atomic E-state index is 13.5. The molecule has 6 nitrogen and oxygen atoms in total. The van der Waals surface area contributed by atoms with Crippen LogP contribution in [0.5, 0.6) is 0 Å². The Morgan fingerprint density at radius 3 is 2.18 bits per heavy atom. The van der Waals surface area contributed by atoms with Gasteiger partial charge in [0.05, 0.1) is 23.2 Å². The number of thiazole rings is 1. The Bertz CT molecular complexity index is 1650. The number of hydrogen-bond donors (Lipinski definition) is 3. The minimum absolute atomic E-state index is 0.0446. The molecule has 1 aliphatic rings. The molecule has 230 valence electrons. The monoisotopic (exact) mass is 633 g/mol. The number of nitrogens with one attached hydrogen (secondary N) is 2. The molecule has 1 heterocycles. The Balaban J connectivity index is 1.49. The van der Waals surface area contributed by atoms with Crippen LogP contribution >= 0.6 is 11.3 Å². The van der Waals surface area contributed by atoms with Crippen LogP contribution in [0, 0.1) is 0 Å². The number of fused-ring (bicyclic) bond motifs is 1. The maximum Gasteiger partial charge on any atom is 0.416 e. The number of carboxylic acid groups (broad SMARTS) is 1. The van der Waals surface area contributed by atoms with Crippen molar-refractivity contribution in [1.29, 1.82) is 0 Å². The summed E-state index contributed by atoms with van der Waals surface area (Å²) in [5, 5.41) is 16.5. The normalized spacial score (nSPS) is 13.8. The van der Waals surface area contributed by atoms with E-state index in [2.05, 4.69) is 15.6 Å². The van der Waals surface area contributed by atoms with E-state index in [9.17, 15) is 35.9 Å². The maximum atomic E-state index is 13.5. The Morgan fingerprint density at radius 1 is 0.886 bits per heavy atom. The largest absolute Gasteiger partial charge is 0.481 e. The smallest absolute Gasteiger partial charge is 0.416 e. The summed E-state index contributed by atoms with van der Waals surface area (Å²) in [4.78, 5) is 27.7. The molecule has 0 saturated heterocycles. The molecule has 3 N–H and O–H groups in total. The summed E-state index contributed by atoms with van der Waals surface area (Å²) in [6.07, 6.45) is -7.30. The summed E-state index contributed by atoms with van der Waals surface area (Å²) in [7, 11) is 0. The van der Waals surface area contributed by atoms with Gasteiger partial charge in [0.25, 0.3) is 5.91 Å². The van der Waals surface area contributed by atoms with Crippen LogP contribution in [0.25, 0.3) is 11.3 Å². The number of aryl methyl sites for hydroxylation is 2. The fraction of sp³-hybridized carbons (Fsp3) is 0.258. The number of nitrogens with zero attached hydrogens (tertiary/aromatic N) is 1. The number of anilines is 1. The summed E-state index contributed by atoms with van der Waals surface area (Å²) in [6.45, 7) is -0.0497. The van der Waals surface area contributed by atoms with Gasteiger partial charge in [-0.15, -0.1) is 11.3 Å². The molecule has 0 spiro atoms. The lowest BCUT2D eigenvalue weighted by Gasteiger charge is -2.20. The SMILES string of the molecule is O=C(O)CCNC(=O)c1ccc(C(Nc2ccc3c(c2)CCC3)c2nc(-c3cc(C(F)(F)F)cc(C(F)(F)F)c3)cs2)cc1. The van der Waals surface area contributed by atoms with Crippen LogP contribution in [0.4, 0.5) is 32.0 Å². The second-order valence-corrected chi connectivity index (χ2v) is 11.2. The molecule has 4 aromatic rings. The molecule has 1 amide bonds. The van der Waals surface area contributed by atoms with Crippen LogP contribution in [0.2, 0.25) is 0 Å². The van der Waals surface area contributed by atoms with Crippen LogP contribution in [-0.4, -0.2) is 28.5 Å². The lowest BCUT2D eigenvalue weighted by atomic mass is 10.0. The molecule has 0 radical (unpaired) electrons. The van der Waals surface area contributed by atoms with E-state index in [1.807, 2.05) is 18.2 Å². The van der Waals surface area contributed by atoms with Crippen molar-refractivity contribution in [2.75, 3.05) is 11.9 Å². The van der Waals surface area contributed by atoms with Gasteiger partial charge < -0.3 is 15.7 Å². The Labute approximate surface area is 251 Å². The van der Waals surface area contributed by atoms with Gasteiger partial charge in [-0.05, 0) is 78.4 Å². The van der Waals surface area contributed by atoms with Crippen LogP contribution in [0.15, 0.2) is 66.0 Å². The zero-order valence-corrected chi connectivity index (χ0v) is 23.7. The number of hydrogen-bond acceptors (Lipinski definition) is 5. The Kier molecular flexibility index (Phi) is 8.69. The lowest BCUT2D eigenvalue weighted by Crippen LogP contribution is -2.26. The summed E-state index contributed by atoms with van der Waals surface area (Å²) in [5.74, 6) is -1.52. The lowest BCUT2D eigenvalue weighted by molar-refractivity contribution is -0.143. The third-order valence-electron chi connectivity index (χ3n) is 7.19. The van der Waals surface area contributed by atoms with Gasteiger partial charge in [0.15, 0.2) is 0 Å². The fourth-order valence-corrected chi connectivity index (χ4v) is 5.89. The zero-order valence-electron chi connectivity index (χ0n) is 22.9. The predicted octanol–water partition coefficient (Wildman–Crippen LogP) is 7.74. The number of carbonyl (C=O) groups is 2. The zero-order chi connectivity index (χ0) is 31.6. The second-order valence-electron chi connectivity index (χ2n) is 10.3. The quantitative estimate of drug-likeness (QED) is 0.164. The molecule has 1 aromatic heterocycles. The van der Waals surface area contributed by atoms with Gasteiger partial charge >= 0.3 is 18.3 Å². The van der Waals surface area contributed by atoms with Crippen molar-refractivity contribution in [2.24, 2.45) is 0 Å². The average molecular weight is 634 g/mol. The Hall–Kier alpha value is -4.39. The van der Waals surface area contributed by atoms with Gasteiger partial charge in [0.1, 0.15) is 11.0 Å². The van der Waals surface area contributed by atoms with E-state index in [0.717, 1.165) is 36.3 Å². The number of carbonyl (C=O) groups excluding carboxylic acids is 1. The second kappa shape index (κ2) is 12.3. The first-order valence-corrected chi connectivity index (χ1v) is 14.4. The number of aromatic nitrogens is 1. The third kappa shape index (κ3) is 7.21. The molecule has 1 aliphatic carbocycles. The minimum Gasteiger partial charge on any atom is -0.481 e. The first-order chi connectivity index (χ1) is 20.8. The molecule has 1 unspecified atom stereocenters. The molecular formula is C31H25F6N3O3S. The van der Waals surface area contributed by atoms with Crippen molar-refractivity contribution in [1.82, 2.24) is 10.3 Å². The highest BCUT2D eigenvalue weighted by Gasteiger charge is 2.37. The molecule has 0 bridgehead atoms. The average Bonchev–Trinajstić information content (AvgIpc) is 3.64. The van der Waals surface area contributed by atoms with E-state index in [4.69, 9.17) is 5.11 Å². The highest BCUT2D eigenvalue weighted by Crippen LogP contribution is 2.40. The topological polar surface area (TPSA) is 91.3 Å². The van der Waals surface area contributed by atoms with Gasteiger partial charge in [-0.25, -0.2) is 4.98 Å². The molecule has 0 saturated carbocycles. The third-order valence-corrected chi connectivity index (χ3v) is 8.10. The summed E-state index contributed by atoms with van der Waals surface area (Å²) in [5.41, 5.74) is 0.867. The van der Waals surface area contributed by atoms with Crippen molar-refractivity contribution < 1.29 is 41.0 Å². The molecule has 1 atom stereocenters. The molecule has 13 heteroatoms. The van der Waals surface area contributed by atoms with E-state index < -0.39 is 41.4 Å². The van der Waals surface area contributed by atoms with E-state index in [-0.39, 0.29) is 35.9 Å². The number of amides is 1. The molecule has 5 rings (SSSR count). The van der Waals surface area contributed by atoms with Crippen molar-refractivity contribution in [3.8, 4) is 11.3 Å². The number of benzene rings is 3. The number of halogens is 6. The van der Waals surface area contributed by atoms with Gasteiger partial charge in [0, 0.05) is 28.7 Å². The fourth-order valence-electron chi connectivity index (χ4n) is 4.98. The standard InChI is InChI=1S/C31H25F6N3O3S/c32-30(33,34)22-12-21(13-23(15-22)31(35,36)37)25-16-44-29(40-25)27(39-24-9-8-17-2-1-3-20(17)14-24)18-4-6-19(7-5-18)28(43)38-11-10-26(41)42/h4-9,12-16,27,39H,1-3,10-11H2,(H,38,43)(H,41,42). The van der Waals surface area contributed by atoms with Crippen LogP contribution < -0.4 is 10.6 Å². The Morgan fingerprint density at radius 2 is 1.55 bits per heavy atom. The first kappa shape index (κ1) is 31.0. The highest BCUT2D eigenvalue weighted by atomic mass is 32.1. The predicted molar refractivity (Wildman–Crippen MR) is 153 cm³/mol. The molecule has 44 heavy (non-hydrogen) atoms. The number of rotatable bonds is 9. The van der Waals surface area contributed by atoms with E-state index >= 15 is 0 Å². The van der Waals surface area contributed by atoms with Crippen molar-refractivity contribution in [2.45, 2.75) is 44.1 Å². The van der Waals surface area contributed by atoms with Gasteiger partial charge in [-0.3, -0.25) is 9.59 Å². The highest BCUT2D eigenvalue weighted by molar-refractivity contribution is 7.10.